The summed E-state index contributed by atoms with van der Waals surface area (Å²) < 4.78 is 28.3. The van der Waals surface area contributed by atoms with E-state index in [2.05, 4.69) is 4.72 Å². The minimum absolute atomic E-state index is 0.0880. The van der Waals surface area contributed by atoms with Crippen molar-refractivity contribution in [1.29, 1.82) is 0 Å². The van der Waals surface area contributed by atoms with Crippen LogP contribution in [-0.2, 0) is 21.2 Å². The minimum Gasteiger partial charge on any atom is -0.312 e. The number of carbonyl (C=O) groups excluding carboxylic acids is 1. The van der Waals surface area contributed by atoms with Crippen LogP contribution in [0.1, 0.15) is 30.9 Å². The Morgan fingerprint density at radius 1 is 1.16 bits per heavy atom. The maximum atomic E-state index is 12.8. The van der Waals surface area contributed by atoms with Crippen LogP contribution in [-0.4, -0.2) is 20.9 Å². The number of rotatable bonds is 5. The van der Waals surface area contributed by atoms with E-state index < -0.39 is 10.0 Å². The van der Waals surface area contributed by atoms with Crippen LogP contribution in [0.4, 0.5) is 11.4 Å². The molecule has 0 radical (unpaired) electrons. The summed E-state index contributed by atoms with van der Waals surface area (Å²) in [5.74, 6) is 0.0880. The molecule has 1 aliphatic heterocycles. The molecule has 0 aliphatic carbocycles. The summed E-state index contributed by atoms with van der Waals surface area (Å²) in [6.07, 6.45) is 2.13. The predicted octanol–water partition coefficient (Wildman–Crippen LogP) is 3.49. The SMILES string of the molecule is CCc1ccccc1NS(=O)(=O)c1ccc(N2CCCC2=O)cc1C. The molecule has 6 heteroatoms. The van der Waals surface area contributed by atoms with E-state index in [0.717, 1.165) is 24.1 Å². The van der Waals surface area contributed by atoms with Crippen LogP contribution in [0, 0.1) is 6.92 Å². The van der Waals surface area contributed by atoms with E-state index in [4.69, 9.17) is 0 Å². The third-order valence-electron chi connectivity index (χ3n) is 4.48. The fourth-order valence-electron chi connectivity index (χ4n) is 3.15. The van der Waals surface area contributed by atoms with Crippen molar-refractivity contribution in [2.75, 3.05) is 16.2 Å². The third-order valence-corrected chi connectivity index (χ3v) is 6.00. The zero-order valence-electron chi connectivity index (χ0n) is 14.5. The molecule has 1 saturated heterocycles. The van der Waals surface area contributed by atoms with Gasteiger partial charge in [-0.2, -0.15) is 0 Å². The molecule has 1 fully saturated rings. The highest BCUT2D eigenvalue weighted by Crippen LogP contribution is 2.27. The number of nitrogens with one attached hydrogen (secondary N) is 1. The van der Waals surface area contributed by atoms with Crippen LogP contribution in [0.2, 0.25) is 0 Å². The van der Waals surface area contributed by atoms with Gasteiger partial charge in [-0.3, -0.25) is 9.52 Å². The molecule has 1 N–H and O–H groups in total. The first kappa shape index (κ1) is 17.5. The van der Waals surface area contributed by atoms with E-state index in [1.54, 1.807) is 36.1 Å². The molecule has 5 nitrogen and oxygen atoms in total. The summed E-state index contributed by atoms with van der Waals surface area (Å²) in [5, 5.41) is 0. The van der Waals surface area contributed by atoms with Crippen LogP contribution >= 0.6 is 0 Å². The lowest BCUT2D eigenvalue weighted by atomic mass is 10.1. The first-order chi connectivity index (χ1) is 11.9. The first-order valence-electron chi connectivity index (χ1n) is 8.44. The molecule has 132 valence electrons. The van der Waals surface area contributed by atoms with Crippen molar-refractivity contribution in [1.82, 2.24) is 0 Å². The van der Waals surface area contributed by atoms with Crippen molar-refractivity contribution in [2.45, 2.75) is 38.0 Å². The quantitative estimate of drug-likeness (QED) is 0.890. The summed E-state index contributed by atoms with van der Waals surface area (Å²) in [6.45, 7) is 4.43. The second-order valence-electron chi connectivity index (χ2n) is 6.21. The van der Waals surface area contributed by atoms with Crippen molar-refractivity contribution in [2.24, 2.45) is 0 Å². The number of sulfonamides is 1. The van der Waals surface area contributed by atoms with Gasteiger partial charge in [-0.05, 0) is 55.2 Å². The molecule has 0 aromatic heterocycles. The zero-order chi connectivity index (χ0) is 18.0. The molecule has 0 saturated carbocycles. The number of carbonyl (C=O) groups is 1. The number of nitrogens with zero attached hydrogens (tertiary/aromatic N) is 1. The van der Waals surface area contributed by atoms with E-state index >= 15 is 0 Å². The van der Waals surface area contributed by atoms with Gasteiger partial charge >= 0.3 is 0 Å². The maximum Gasteiger partial charge on any atom is 0.262 e. The average molecular weight is 358 g/mol. The highest BCUT2D eigenvalue weighted by Gasteiger charge is 2.24. The van der Waals surface area contributed by atoms with Gasteiger partial charge < -0.3 is 4.90 Å². The highest BCUT2D eigenvalue weighted by atomic mass is 32.2. The number of hydrogen-bond acceptors (Lipinski definition) is 3. The molecule has 2 aromatic rings. The van der Waals surface area contributed by atoms with E-state index in [0.29, 0.717) is 24.2 Å². The van der Waals surface area contributed by atoms with Gasteiger partial charge in [-0.1, -0.05) is 25.1 Å². The van der Waals surface area contributed by atoms with Gasteiger partial charge in [0.25, 0.3) is 10.0 Å². The second-order valence-corrected chi connectivity index (χ2v) is 7.87. The molecule has 3 rings (SSSR count). The summed E-state index contributed by atoms with van der Waals surface area (Å²) in [4.78, 5) is 13.8. The topological polar surface area (TPSA) is 66.5 Å². The van der Waals surface area contributed by atoms with Crippen LogP contribution in [0.25, 0.3) is 0 Å². The standard InChI is InChI=1S/C19H22N2O3S/c1-3-15-7-4-5-8-17(15)20-25(23,24)18-11-10-16(13-14(18)2)21-12-6-9-19(21)22/h4-5,7-8,10-11,13,20H,3,6,9,12H2,1-2H3. The van der Waals surface area contributed by atoms with Crippen molar-refractivity contribution in [3.05, 3.63) is 53.6 Å². The van der Waals surface area contributed by atoms with Gasteiger partial charge in [0.15, 0.2) is 0 Å². The Morgan fingerprint density at radius 3 is 2.56 bits per heavy atom. The Labute approximate surface area is 148 Å². The normalized spacial score (nSPS) is 14.8. The lowest BCUT2D eigenvalue weighted by Gasteiger charge is -2.18. The van der Waals surface area contributed by atoms with E-state index in [-0.39, 0.29) is 10.8 Å². The number of benzene rings is 2. The van der Waals surface area contributed by atoms with Gasteiger partial charge in [-0.15, -0.1) is 0 Å². The van der Waals surface area contributed by atoms with Crippen LogP contribution in [0.5, 0.6) is 0 Å². The Kier molecular flexibility index (Phi) is 4.81. The molecule has 1 aliphatic rings. The van der Waals surface area contributed by atoms with Crippen LogP contribution in [0.3, 0.4) is 0 Å². The Balaban J connectivity index is 1.91. The number of aryl methyl sites for hydroxylation is 2. The van der Waals surface area contributed by atoms with Gasteiger partial charge in [0.1, 0.15) is 0 Å². The van der Waals surface area contributed by atoms with Crippen molar-refractivity contribution >= 4 is 27.3 Å². The number of anilines is 2. The smallest absolute Gasteiger partial charge is 0.262 e. The fraction of sp³-hybridized carbons (Fsp3) is 0.316. The number of para-hydroxylation sites is 1. The summed E-state index contributed by atoms with van der Waals surface area (Å²) in [6, 6.07) is 12.4. The average Bonchev–Trinajstić information content (AvgIpc) is 3.00. The second kappa shape index (κ2) is 6.88. The Hall–Kier alpha value is -2.34. The molecule has 0 spiro atoms. The van der Waals surface area contributed by atoms with E-state index in [1.165, 1.54) is 0 Å². The third kappa shape index (κ3) is 3.54. The largest absolute Gasteiger partial charge is 0.312 e. The maximum absolute atomic E-state index is 12.8. The van der Waals surface area contributed by atoms with E-state index in [1.807, 2.05) is 25.1 Å². The fourth-order valence-corrected chi connectivity index (χ4v) is 4.48. The van der Waals surface area contributed by atoms with Gasteiger partial charge in [0.2, 0.25) is 5.91 Å². The van der Waals surface area contributed by atoms with Crippen molar-refractivity contribution in [3.8, 4) is 0 Å². The Bertz CT molecular complexity index is 907. The monoisotopic (exact) mass is 358 g/mol. The summed E-state index contributed by atoms with van der Waals surface area (Å²) in [5.41, 5.74) is 2.93. The summed E-state index contributed by atoms with van der Waals surface area (Å²) in [7, 11) is -3.68. The van der Waals surface area contributed by atoms with Crippen LogP contribution < -0.4 is 9.62 Å². The molecule has 0 atom stereocenters. The molecule has 2 aromatic carbocycles. The van der Waals surface area contributed by atoms with Gasteiger partial charge in [0, 0.05) is 18.7 Å². The molecule has 0 unspecified atom stereocenters. The molecule has 0 bridgehead atoms. The lowest BCUT2D eigenvalue weighted by Crippen LogP contribution is -2.24. The number of hydrogen-bond donors (Lipinski definition) is 1. The number of amides is 1. The Morgan fingerprint density at radius 2 is 1.92 bits per heavy atom. The van der Waals surface area contributed by atoms with Gasteiger partial charge in [-0.25, -0.2) is 8.42 Å². The minimum atomic E-state index is -3.68. The van der Waals surface area contributed by atoms with Crippen molar-refractivity contribution in [3.63, 3.8) is 0 Å². The lowest BCUT2D eigenvalue weighted by molar-refractivity contribution is -0.117. The highest BCUT2D eigenvalue weighted by molar-refractivity contribution is 7.92. The zero-order valence-corrected chi connectivity index (χ0v) is 15.3. The first-order valence-corrected chi connectivity index (χ1v) is 9.92. The van der Waals surface area contributed by atoms with Gasteiger partial charge in [0.05, 0.1) is 10.6 Å². The van der Waals surface area contributed by atoms with Crippen molar-refractivity contribution < 1.29 is 13.2 Å². The summed E-state index contributed by atoms with van der Waals surface area (Å²) >= 11 is 0. The predicted molar refractivity (Wildman–Crippen MR) is 99.4 cm³/mol. The molecule has 1 heterocycles. The molecule has 25 heavy (non-hydrogen) atoms. The molecule has 1 amide bonds. The molecular weight excluding hydrogens is 336 g/mol. The van der Waals surface area contributed by atoms with E-state index in [9.17, 15) is 13.2 Å². The molecular formula is C19H22N2O3S. The van der Waals surface area contributed by atoms with Crippen LogP contribution in [0.15, 0.2) is 47.4 Å².